The minimum absolute atomic E-state index is 0.445. The lowest BCUT2D eigenvalue weighted by Gasteiger charge is -2.07. The second-order valence-corrected chi connectivity index (χ2v) is 5.53. The van der Waals surface area contributed by atoms with Gasteiger partial charge in [-0.3, -0.25) is 4.68 Å². The summed E-state index contributed by atoms with van der Waals surface area (Å²) >= 11 is 1.20. The van der Waals surface area contributed by atoms with Crippen molar-refractivity contribution in [2.75, 3.05) is 5.73 Å². The van der Waals surface area contributed by atoms with Gasteiger partial charge in [-0.25, -0.2) is 4.98 Å². The summed E-state index contributed by atoms with van der Waals surface area (Å²) in [6.07, 6.45) is -1.87. The number of hydrogen-bond acceptors (Lipinski definition) is 4. The highest BCUT2D eigenvalue weighted by Crippen LogP contribution is 2.34. The molecule has 2 aromatic rings. The van der Waals surface area contributed by atoms with Crippen molar-refractivity contribution in [3.63, 3.8) is 0 Å². The minimum Gasteiger partial charge on any atom is -0.395 e. The summed E-state index contributed by atoms with van der Waals surface area (Å²) in [5.41, 5.74) is 6.62. The van der Waals surface area contributed by atoms with E-state index < -0.39 is 11.7 Å². The Kier molecular flexibility index (Phi) is 4.46. The van der Waals surface area contributed by atoms with Crippen LogP contribution in [0.5, 0.6) is 0 Å². The Labute approximate surface area is 124 Å². The number of aryl methyl sites for hydroxylation is 2. The van der Waals surface area contributed by atoms with Crippen LogP contribution in [-0.2, 0) is 19.6 Å². The van der Waals surface area contributed by atoms with E-state index in [9.17, 15) is 13.2 Å². The molecular weight excluding hydrogens is 301 g/mol. The average Bonchev–Trinajstić information content (AvgIpc) is 2.67. The van der Waals surface area contributed by atoms with Gasteiger partial charge in [0.2, 0.25) is 0 Å². The lowest BCUT2D eigenvalue weighted by Crippen LogP contribution is -2.05. The van der Waals surface area contributed by atoms with E-state index in [4.69, 9.17) is 5.73 Å². The van der Waals surface area contributed by atoms with Gasteiger partial charge in [-0.15, -0.1) is 0 Å². The van der Waals surface area contributed by atoms with Crippen molar-refractivity contribution in [3.8, 4) is 0 Å². The fourth-order valence-electron chi connectivity index (χ4n) is 1.83. The predicted molar refractivity (Wildman–Crippen MR) is 75.0 cm³/mol. The molecule has 0 aliphatic carbocycles. The van der Waals surface area contributed by atoms with Crippen molar-refractivity contribution in [2.24, 2.45) is 7.05 Å². The third-order valence-corrected chi connectivity index (χ3v) is 3.99. The van der Waals surface area contributed by atoms with Crippen LogP contribution in [0.4, 0.5) is 18.9 Å². The van der Waals surface area contributed by atoms with Crippen LogP contribution in [0.1, 0.15) is 24.6 Å². The molecule has 21 heavy (non-hydrogen) atoms. The molecule has 0 spiro atoms. The topological polar surface area (TPSA) is 56.7 Å². The average molecular weight is 316 g/mol. The van der Waals surface area contributed by atoms with Crippen LogP contribution >= 0.6 is 11.8 Å². The van der Waals surface area contributed by atoms with E-state index in [1.165, 1.54) is 17.8 Å². The number of nitrogens with zero attached hydrogens (tertiary/aromatic N) is 3. The van der Waals surface area contributed by atoms with Crippen LogP contribution in [-0.4, -0.2) is 14.8 Å². The van der Waals surface area contributed by atoms with E-state index in [2.05, 4.69) is 10.1 Å². The maximum atomic E-state index is 12.5. The maximum Gasteiger partial charge on any atom is 0.417 e. The smallest absolute Gasteiger partial charge is 0.395 e. The van der Waals surface area contributed by atoms with Gasteiger partial charge in [0, 0.05) is 13.2 Å². The van der Waals surface area contributed by atoms with Crippen molar-refractivity contribution in [1.29, 1.82) is 0 Å². The molecular formula is C13H15F3N4S. The summed E-state index contributed by atoms with van der Waals surface area (Å²) < 4.78 is 39.1. The SMILES string of the molecule is CCCc1nn(C)c(Sc2ccc(C(F)(F)F)cn2)c1N. The first-order valence-electron chi connectivity index (χ1n) is 6.35. The number of rotatable bonds is 4. The third-order valence-electron chi connectivity index (χ3n) is 2.86. The number of hydrogen-bond donors (Lipinski definition) is 1. The number of pyridine rings is 1. The highest BCUT2D eigenvalue weighted by molar-refractivity contribution is 7.99. The molecule has 0 aliphatic heterocycles. The van der Waals surface area contributed by atoms with E-state index in [-0.39, 0.29) is 0 Å². The standard InChI is InChI=1S/C13H15F3N4S/c1-3-4-9-11(17)12(20(2)19-9)21-10-6-5-8(7-18-10)13(14,15)16/h5-7H,3-4,17H2,1-2H3. The molecule has 0 amide bonds. The number of aromatic nitrogens is 3. The third kappa shape index (κ3) is 3.49. The number of anilines is 1. The Balaban J connectivity index is 2.22. The van der Waals surface area contributed by atoms with Gasteiger partial charge >= 0.3 is 6.18 Å². The molecule has 0 fully saturated rings. The van der Waals surface area contributed by atoms with Crippen LogP contribution in [0.2, 0.25) is 0 Å². The predicted octanol–water partition coefficient (Wildman–Crippen LogP) is 3.52. The van der Waals surface area contributed by atoms with Gasteiger partial charge in [0.25, 0.3) is 0 Å². The Morgan fingerprint density at radius 2 is 2.05 bits per heavy atom. The van der Waals surface area contributed by atoms with Gasteiger partial charge in [0.05, 0.1) is 16.9 Å². The van der Waals surface area contributed by atoms with Gasteiger partial charge in [-0.2, -0.15) is 18.3 Å². The Morgan fingerprint density at radius 1 is 1.33 bits per heavy atom. The largest absolute Gasteiger partial charge is 0.417 e. The Morgan fingerprint density at radius 3 is 2.57 bits per heavy atom. The summed E-state index contributed by atoms with van der Waals surface area (Å²) in [6, 6.07) is 2.34. The first-order chi connectivity index (χ1) is 9.82. The van der Waals surface area contributed by atoms with Gasteiger partial charge in [0.15, 0.2) is 0 Å². The molecule has 0 saturated heterocycles. The maximum absolute atomic E-state index is 12.5. The highest BCUT2D eigenvalue weighted by Gasteiger charge is 2.30. The van der Waals surface area contributed by atoms with Gasteiger partial charge in [0.1, 0.15) is 10.1 Å². The van der Waals surface area contributed by atoms with E-state index >= 15 is 0 Å². The van der Waals surface area contributed by atoms with E-state index in [0.717, 1.165) is 30.8 Å². The second-order valence-electron chi connectivity index (χ2n) is 4.52. The second kappa shape index (κ2) is 5.97. The summed E-state index contributed by atoms with van der Waals surface area (Å²) in [5.74, 6) is 0. The monoisotopic (exact) mass is 316 g/mol. The molecule has 8 heteroatoms. The zero-order valence-corrected chi connectivity index (χ0v) is 12.4. The number of nitrogen functional groups attached to an aromatic ring is 1. The molecule has 4 nitrogen and oxygen atoms in total. The lowest BCUT2D eigenvalue weighted by atomic mass is 10.2. The molecule has 0 atom stereocenters. The summed E-state index contributed by atoms with van der Waals surface area (Å²) in [7, 11) is 1.75. The van der Waals surface area contributed by atoms with Gasteiger partial charge in [-0.1, -0.05) is 13.3 Å². The van der Waals surface area contributed by atoms with E-state index in [0.29, 0.717) is 15.7 Å². The van der Waals surface area contributed by atoms with Crippen molar-refractivity contribution in [2.45, 2.75) is 36.0 Å². The molecule has 2 rings (SSSR count). The quantitative estimate of drug-likeness (QED) is 0.937. The molecule has 0 unspecified atom stereocenters. The molecule has 0 radical (unpaired) electrons. The van der Waals surface area contributed by atoms with E-state index in [1.54, 1.807) is 11.7 Å². The minimum atomic E-state index is -4.38. The van der Waals surface area contributed by atoms with Crippen molar-refractivity contribution in [3.05, 3.63) is 29.6 Å². The molecule has 114 valence electrons. The molecule has 2 N–H and O–H groups in total. The van der Waals surface area contributed by atoms with Crippen LogP contribution in [0.25, 0.3) is 0 Å². The molecule has 0 bridgehead atoms. The fourth-order valence-corrected chi connectivity index (χ4v) is 2.67. The van der Waals surface area contributed by atoms with Gasteiger partial charge in [-0.05, 0) is 30.3 Å². The zero-order chi connectivity index (χ0) is 15.6. The van der Waals surface area contributed by atoms with Crippen LogP contribution in [0.3, 0.4) is 0 Å². The number of alkyl halides is 3. The zero-order valence-electron chi connectivity index (χ0n) is 11.6. The molecule has 2 aromatic heterocycles. The number of nitrogens with two attached hydrogens (primary N) is 1. The van der Waals surface area contributed by atoms with E-state index in [1.807, 2.05) is 6.92 Å². The summed E-state index contributed by atoms with van der Waals surface area (Å²) in [5, 5.41) is 5.45. The van der Waals surface area contributed by atoms with Crippen LogP contribution < -0.4 is 5.73 Å². The Hall–Kier alpha value is -1.70. The molecule has 2 heterocycles. The van der Waals surface area contributed by atoms with Crippen molar-refractivity contribution < 1.29 is 13.2 Å². The first-order valence-corrected chi connectivity index (χ1v) is 7.17. The van der Waals surface area contributed by atoms with Crippen molar-refractivity contribution >= 4 is 17.4 Å². The van der Waals surface area contributed by atoms with Crippen LogP contribution in [0, 0.1) is 0 Å². The molecule has 0 aliphatic rings. The normalized spacial score (nSPS) is 11.9. The summed E-state index contributed by atoms with van der Waals surface area (Å²) in [4.78, 5) is 3.82. The summed E-state index contributed by atoms with van der Waals surface area (Å²) in [6.45, 7) is 2.03. The van der Waals surface area contributed by atoms with Gasteiger partial charge < -0.3 is 5.73 Å². The van der Waals surface area contributed by atoms with Crippen LogP contribution in [0.15, 0.2) is 28.4 Å². The Bertz CT molecular complexity index is 620. The van der Waals surface area contributed by atoms with Crippen molar-refractivity contribution in [1.82, 2.24) is 14.8 Å². The highest BCUT2D eigenvalue weighted by atomic mass is 32.2. The first kappa shape index (κ1) is 15.7. The molecule has 0 saturated carbocycles. The fraction of sp³-hybridized carbons (Fsp3) is 0.385. The molecule has 0 aromatic carbocycles. The lowest BCUT2D eigenvalue weighted by molar-refractivity contribution is -0.137. The number of halogens is 3.